The molecular formula is C14H12ClFN4. The van der Waals surface area contributed by atoms with Gasteiger partial charge in [0.1, 0.15) is 5.82 Å². The molecule has 0 aliphatic carbocycles. The standard InChI is InChI=1S/C14H12ClFN4/c1-8-5-13(19-20-7-9(2)17-14(8)20)18-10-3-4-12(16)11(15)6-10/h3-7H,1-2H3,(H,18,19). The number of imidazole rings is 1. The molecule has 3 aromatic rings. The minimum Gasteiger partial charge on any atom is -0.339 e. The first-order valence-electron chi connectivity index (χ1n) is 6.08. The zero-order valence-electron chi connectivity index (χ0n) is 11.0. The fourth-order valence-corrected chi connectivity index (χ4v) is 2.21. The minimum atomic E-state index is -0.443. The summed E-state index contributed by atoms with van der Waals surface area (Å²) in [4.78, 5) is 4.39. The van der Waals surface area contributed by atoms with Crippen molar-refractivity contribution in [3.05, 3.63) is 52.6 Å². The lowest BCUT2D eigenvalue weighted by Gasteiger charge is -2.08. The fraction of sp³-hybridized carbons (Fsp3) is 0.143. The van der Waals surface area contributed by atoms with Crippen LogP contribution in [0.3, 0.4) is 0 Å². The Balaban J connectivity index is 1.99. The van der Waals surface area contributed by atoms with E-state index in [0.29, 0.717) is 11.5 Å². The Morgan fingerprint density at radius 2 is 2.05 bits per heavy atom. The highest BCUT2D eigenvalue weighted by Crippen LogP contribution is 2.23. The quantitative estimate of drug-likeness (QED) is 0.779. The smallest absolute Gasteiger partial charge is 0.156 e. The first-order chi connectivity index (χ1) is 9.52. The van der Waals surface area contributed by atoms with Gasteiger partial charge >= 0.3 is 0 Å². The molecule has 0 radical (unpaired) electrons. The van der Waals surface area contributed by atoms with Gasteiger partial charge in [-0.15, -0.1) is 5.10 Å². The van der Waals surface area contributed by atoms with Crippen molar-refractivity contribution in [3.63, 3.8) is 0 Å². The summed E-state index contributed by atoms with van der Waals surface area (Å²) in [5, 5.41) is 7.59. The monoisotopic (exact) mass is 290 g/mol. The van der Waals surface area contributed by atoms with E-state index in [1.54, 1.807) is 10.6 Å². The van der Waals surface area contributed by atoms with Crippen LogP contribution in [0.2, 0.25) is 5.02 Å². The molecule has 102 valence electrons. The normalized spacial score (nSPS) is 11.0. The van der Waals surface area contributed by atoms with Crippen molar-refractivity contribution in [2.75, 3.05) is 5.32 Å². The van der Waals surface area contributed by atoms with Crippen molar-refractivity contribution in [1.29, 1.82) is 0 Å². The maximum Gasteiger partial charge on any atom is 0.156 e. The summed E-state index contributed by atoms with van der Waals surface area (Å²) in [5.41, 5.74) is 3.41. The van der Waals surface area contributed by atoms with E-state index in [-0.39, 0.29) is 5.02 Å². The highest BCUT2D eigenvalue weighted by molar-refractivity contribution is 6.31. The maximum absolute atomic E-state index is 13.1. The molecule has 0 amide bonds. The first kappa shape index (κ1) is 12.9. The number of benzene rings is 1. The molecule has 0 bridgehead atoms. The molecule has 0 aliphatic heterocycles. The van der Waals surface area contributed by atoms with Crippen LogP contribution in [0.25, 0.3) is 5.65 Å². The lowest BCUT2D eigenvalue weighted by atomic mass is 10.3. The van der Waals surface area contributed by atoms with Crippen molar-refractivity contribution in [3.8, 4) is 0 Å². The molecule has 0 saturated carbocycles. The van der Waals surface area contributed by atoms with Crippen molar-refractivity contribution < 1.29 is 4.39 Å². The summed E-state index contributed by atoms with van der Waals surface area (Å²) in [6.07, 6.45) is 1.85. The number of fused-ring (bicyclic) bond motifs is 1. The van der Waals surface area contributed by atoms with Gasteiger partial charge in [0.2, 0.25) is 0 Å². The lowest BCUT2D eigenvalue weighted by Crippen LogP contribution is -2.00. The van der Waals surface area contributed by atoms with Crippen LogP contribution in [0, 0.1) is 19.7 Å². The zero-order valence-corrected chi connectivity index (χ0v) is 11.7. The number of aromatic nitrogens is 3. The second-order valence-electron chi connectivity index (χ2n) is 4.62. The van der Waals surface area contributed by atoms with E-state index >= 15 is 0 Å². The number of nitrogens with one attached hydrogen (secondary N) is 1. The van der Waals surface area contributed by atoms with Gasteiger partial charge < -0.3 is 5.32 Å². The summed E-state index contributed by atoms with van der Waals surface area (Å²) in [6, 6.07) is 6.34. The molecule has 4 nitrogen and oxygen atoms in total. The topological polar surface area (TPSA) is 42.2 Å². The van der Waals surface area contributed by atoms with E-state index in [1.807, 2.05) is 26.1 Å². The Morgan fingerprint density at radius 1 is 1.25 bits per heavy atom. The number of hydrogen-bond acceptors (Lipinski definition) is 3. The molecule has 0 fully saturated rings. The van der Waals surface area contributed by atoms with Gasteiger partial charge in [-0.25, -0.2) is 13.9 Å². The molecule has 2 aromatic heterocycles. The van der Waals surface area contributed by atoms with Crippen LogP contribution >= 0.6 is 11.6 Å². The first-order valence-corrected chi connectivity index (χ1v) is 6.46. The van der Waals surface area contributed by atoms with Gasteiger partial charge in [0.05, 0.1) is 16.9 Å². The van der Waals surface area contributed by atoms with Gasteiger partial charge in [0, 0.05) is 5.69 Å². The fourth-order valence-electron chi connectivity index (χ4n) is 2.03. The van der Waals surface area contributed by atoms with Crippen LogP contribution in [0.4, 0.5) is 15.9 Å². The molecule has 20 heavy (non-hydrogen) atoms. The van der Waals surface area contributed by atoms with Crippen molar-refractivity contribution >= 4 is 28.8 Å². The third-order valence-corrected chi connectivity index (χ3v) is 3.21. The molecule has 1 aromatic carbocycles. The van der Waals surface area contributed by atoms with Crippen LogP contribution in [-0.4, -0.2) is 14.6 Å². The second-order valence-corrected chi connectivity index (χ2v) is 5.02. The Morgan fingerprint density at radius 3 is 2.80 bits per heavy atom. The number of anilines is 2. The predicted molar refractivity (Wildman–Crippen MR) is 77.2 cm³/mol. The summed E-state index contributed by atoms with van der Waals surface area (Å²) < 4.78 is 14.8. The van der Waals surface area contributed by atoms with E-state index in [1.165, 1.54) is 12.1 Å². The molecule has 1 N–H and O–H groups in total. The van der Waals surface area contributed by atoms with Crippen molar-refractivity contribution in [2.45, 2.75) is 13.8 Å². The third kappa shape index (κ3) is 2.32. The molecule has 0 atom stereocenters. The number of aryl methyl sites for hydroxylation is 2. The second kappa shape index (κ2) is 4.76. The number of rotatable bonds is 2. The summed E-state index contributed by atoms with van der Waals surface area (Å²) >= 11 is 5.76. The van der Waals surface area contributed by atoms with Crippen LogP contribution in [0.1, 0.15) is 11.3 Å². The SMILES string of the molecule is Cc1cn2nc(Nc3ccc(F)c(Cl)c3)cc(C)c2n1. The van der Waals surface area contributed by atoms with Crippen molar-refractivity contribution in [2.24, 2.45) is 0 Å². The van der Waals surface area contributed by atoms with Crippen molar-refractivity contribution in [1.82, 2.24) is 14.6 Å². The van der Waals surface area contributed by atoms with E-state index in [4.69, 9.17) is 11.6 Å². The predicted octanol–water partition coefficient (Wildman–Crippen LogP) is 3.88. The van der Waals surface area contributed by atoms with E-state index < -0.39 is 5.82 Å². The van der Waals surface area contributed by atoms with Gasteiger partial charge in [0.25, 0.3) is 0 Å². The van der Waals surface area contributed by atoms with Gasteiger partial charge in [-0.2, -0.15) is 0 Å². The summed E-state index contributed by atoms with van der Waals surface area (Å²) in [7, 11) is 0. The molecule has 3 rings (SSSR count). The van der Waals surface area contributed by atoms with Gasteiger partial charge in [0.15, 0.2) is 11.5 Å². The largest absolute Gasteiger partial charge is 0.339 e. The Labute approximate surface area is 120 Å². The number of hydrogen-bond donors (Lipinski definition) is 1. The van der Waals surface area contributed by atoms with E-state index in [9.17, 15) is 4.39 Å². The zero-order chi connectivity index (χ0) is 14.3. The molecule has 0 saturated heterocycles. The van der Waals surface area contributed by atoms with E-state index in [2.05, 4.69) is 15.4 Å². The average Bonchev–Trinajstić information content (AvgIpc) is 2.75. The lowest BCUT2D eigenvalue weighted by molar-refractivity contribution is 0.628. The van der Waals surface area contributed by atoms with Crippen LogP contribution in [-0.2, 0) is 0 Å². The van der Waals surface area contributed by atoms with Gasteiger partial charge in [-0.1, -0.05) is 11.6 Å². The Bertz CT molecular complexity index is 797. The molecule has 2 heterocycles. The van der Waals surface area contributed by atoms with E-state index in [0.717, 1.165) is 16.9 Å². The Hall–Kier alpha value is -2.14. The van der Waals surface area contributed by atoms with Crippen LogP contribution < -0.4 is 5.32 Å². The Kier molecular flexibility index (Phi) is 3.06. The molecule has 0 spiro atoms. The number of halogens is 2. The maximum atomic E-state index is 13.1. The summed E-state index contributed by atoms with van der Waals surface area (Å²) in [5.74, 6) is 0.206. The summed E-state index contributed by atoms with van der Waals surface area (Å²) in [6.45, 7) is 3.88. The number of nitrogens with zero attached hydrogens (tertiary/aromatic N) is 3. The highest BCUT2D eigenvalue weighted by Gasteiger charge is 2.07. The molecular weight excluding hydrogens is 279 g/mol. The van der Waals surface area contributed by atoms with Crippen LogP contribution in [0.5, 0.6) is 0 Å². The molecule has 0 unspecified atom stereocenters. The third-order valence-electron chi connectivity index (χ3n) is 2.92. The molecule has 0 aliphatic rings. The van der Waals surface area contributed by atoms with Gasteiger partial charge in [-0.3, -0.25) is 0 Å². The average molecular weight is 291 g/mol. The highest BCUT2D eigenvalue weighted by atomic mass is 35.5. The van der Waals surface area contributed by atoms with Gasteiger partial charge in [-0.05, 0) is 43.7 Å². The molecule has 6 heteroatoms. The minimum absolute atomic E-state index is 0.0753. The van der Waals surface area contributed by atoms with Crippen LogP contribution in [0.15, 0.2) is 30.5 Å².